The van der Waals surface area contributed by atoms with Crippen LogP contribution in [0.25, 0.3) is 42.6 Å². The number of carbonyl (C=O) groups is 6. The van der Waals surface area contributed by atoms with Crippen molar-refractivity contribution in [2.75, 3.05) is 90.4 Å². The molecule has 3 aliphatic rings. The number of morpholine rings is 3. The maximum atomic E-state index is 12.8. The van der Waals surface area contributed by atoms with Gasteiger partial charge in [0.1, 0.15) is 11.4 Å². The van der Waals surface area contributed by atoms with Crippen LogP contribution in [0.5, 0.6) is 0 Å². The van der Waals surface area contributed by atoms with Gasteiger partial charge in [0.2, 0.25) is 11.8 Å². The molecule has 5 aromatic heterocycles. The maximum Gasteiger partial charge on any atom is 1.00 e. The normalized spacial score (nSPS) is 13.8. The number of aliphatic carboxylic acids is 1. The Labute approximate surface area is 502 Å². The van der Waals surface area contributed by atoms with Crippen LogP contribution in [0.3, 0.4) is 0 Å². The molecular weight excluding hydrogens is 1110 g/mol. The van der Waals surface area contributed by atoms with E-state index < -0.39 is 23.8 Å². The number of aryl methyl sites for hydroxylation is 3. The van der Waals surface area contributed by atoms with Gasteiger partial charge in [0.25, 0.3) is 17.4 Å². The number of nitrogens with zero attached hydrogens (tertiary/aromatic N) is 5. The Kier molecular flexibility index (Phi) is 24.0. The van der Waals surface area contributed by atoms with Crippen molar-refractivity contribution in [2.45, 2.75) is 40.0 Å². The van der Waals surface area contributed by atoms with Gasteiger partial charge in [-0.25, -0.2) is 14.8 Å². The van der Waals surface area contributed by atoms with Crippen LogP contribution in [-0.4, -0.2) is 149 Å². The van der Waals surface area contributed by atoms with Crippen molar-refractivity contribution < 1.29 is 72.1 Å². The number of fused-ring (bicyclic) bond motifs is 3. The van der Waals surface area contributed by atoms with Crippen LogP contribution in [0.2, 0.25) is 0 Å². The summed E-state index contributed by atoms with van der Waals surface area (Å²) >= 11 is 3.14. The maximum absolute atomic E-state index is 12.8. The van der Waals surface area contributed by atoms with E-state index in [-0.39, 0.29) is 78.0 Å². The number of carboxylic acid groups (broad SMARTS) is 2. The number of rotatable bonds is 10. The van der Waals surface area contributed by atoms with Crippen LogP contribution >= 0.6 is 22.7 Å². The number of primary amides is 2. The predicted octanol–water partition coefficient (Wildman–Crippen LogP) is 0.560. The van der Waals surface area contributed by atoms with E-state index >= 15 is 0 Å². The fraction of sp³-hybridized carbons (Fsp3) is 0.310. The van der Waals surface area contributed by atoms with Crippen molar-refractivity contribution in [1.82, 2.24) is 35.1 Å². The molecule has 3 aromatic carbocycles. The number of aromatic nitrogens is 4. The second-order valence-electron chi connectivity index (χ2n) is 19.3. The average Bonchev–Trinajstić information content (AvgIpc) is 3.65. The van der Waals surface area contributed by atoms with Crippen LogP contribution in [0.1, 0.15) is 64.6 Å². The molecule has 11 rings (SSSR count). The number of aromatic amines is 1. The Balaban J connectivity index is 0.000000182. The van der Waals surface area contributed by atoms with Gasteiger partial charge in [-0.05, 0) is 107 Å². The Bertz CT molecular complexity index is 3710. The molecule has 0 radical (unpaired) electrons. The van der Waals surface area contributed by atoms with Crippen molar-refractivity contribution >= 4 is 101 Å². The number of nitrogens with two attached hydrogens (primary N) is 4. The fourth-order valence-electron chi connectivity index (χ4n) is 8.91. The van der Waals surface area contributed by atoms with Crippen LogP contribution < -0.4 is 57.8 Å². The number of nitrogens with one attached hydrogen (secondary N) is 2. The monoisotopic (exact) mass is 1180 g/mol. The van der Waals surface area contributed by atoms with Crippen molar-refractivity contribution in [1.29, 1.82) is 0 Å². The first kappa shape index (κ1) is 65.0. The predicted molar refractivity (Wildman–Crippen MR) is 315 cm³/mol. The van der Waals surface area contributed by atoms with E-state index in [9.17, 15) is 38.7 Å². The molecular formula is C58H64LiN11O12S2. The zero-order valence-electron chi connectivity index (χ0n) is 47.0. The molecule has 4 amide bonds. The molecule has 84 heavy (non-hydrogen) atoms. The Morgan fingerprint density at radius 2 is 1.11 bits per heavy atom. The molecule has 436 valence electrons. The van der Waals surface area contributed by atoms with Gasteiger partial charge in [0.15, 0.2) is 5.82 Å². The first-order valence-electron chi connectivity index (χ1n) is 26.3. The second kappa shape index (κ2) is 31.0. The van der Waals surface area contributed by atoms with E-state index in [1.54, 1.807) is 71.6 Å². The van der Waals surface area contributed by atoms with E-state index in [1.807, 2.05) is 48.0 Å². The number of ether oxygens (including phenoxy) is 3. The van der Waals surface area contributed by atoms with Gasteiger partial charge in [-0.15, -0.1) is 22.7 Å². The van der Waals surface area contributed by atoms with E-state index in [0.29, 0.717) is 91.8 Å². The van der Waals surface area contributed by atoms with Crippen molar-refractivity contribution in [2.24, 2.45) is 11.5 Å². The Morgan fingerprint density at radius 1 is 0.643 bits per heavy atom. The third-order valence-electron chi connectivity index (χ3n) is 13.3. The Morgan fingerprint density at radius 3 is 1.57 bits per heavy atom. The molecule has 0 spiro atoms. The summed E-state index contributed by atoms with van der Waals surface area (Å²) in [5.74, 6) is -2.93. The van der Waals surface area contributed by atoms with Gasteiger partial charge in [-0.1, -0.05) is 18.2 Å². The van der Waals surface area contributed by atoms with E-state index in [0.717, 1.165) is 68.7 Å². The molecule has 8 aromatic rings. The number of carboxylic acids is 2. The average molecular weight is 1180 g/mol. The quantitative estimate of drug-likeness (QED) is 0.0726. The number of hydrogen-bond donors (Lipinski definition) is 7. The van der Waals surface area contributed by atoms with Gasteiger partial charge in [-0.3, -0.25) is 29.0 Å². The molecule has 3 saturated heterocycles. The minimum absolute atomic E-state index is 0. The van der Waals surface area contributed by atoms with Gasteiger partial charge in [-0.2, -0.15) is 0 Å². The van der Waals surface area contributed by atoms with Crippen LogP contribution in [-0.2, 0) is 47.9 Å². The number of anilines is 2. The number of aromatic carboxylic acids is 1. The smallest absolute Gasteiger partial charge is 0.550 e. The number of amides is 4. The summed E-state index contributed by atoms with van der Waals surface area (Å²) in [5, 5.41) is 28.6. The van der Waals surface area contributed by atoms with Crippen LogP contribution in [0.15, 0.2) is 88.6 Å². The summed E-state index contributed by atoms with van der Waals surface area (Å²) in [6.45, 7) is 13.9. The summed E-state index contributed by atoms with van der Waals surface area (Å²) in [5.41, 5.74) is 28.3. The molecule has 26 heteroatoms. The number of benzene rings is 3. The first-order chi connectivity index (χ1) is 39.8. The minimum atomic E-state index is -1.21. The molecule has 11 N–H and O–H groups in total. The molecule has 0 aliphatic carbocycles. The summed E-state index contributed by atoms with van der Waals surface area (Å²) < 4.78 is 17.6. The molecule has 0 unspecified atom stereocenters. The van der Waals surface area contributed by atoms with Crippen molar-refractivity contribution in [3.05, 3.63) is 144 Å². The standard InChI is InChI=1S/C22H20N4O3S.C14H19N3O3.C10H12N2O3.C8H5NO2S.C4H9NO.Li/c1-13-8-14(10-19(27)26-3-5-29-6-4-26)9-16-20(13)24-21(25-22(16)28)17-11-18-15(12-23-17)2-7-30-18;1-9-6-10(7-11(13(9)15)14(16)19)8-12(18)17-2-4-20-5-3-17;1-5-2-6(4-8(13)14)3-7(9(5)11)10(12)15;10-8(11)6-3-7-5(4-9-6)1-2-12-7;1-3-6-4-2-5-1;/h2,7-9,11-12H,3-6,10H2,1H3,(H,24,25,28);6-7H,2-5,8,15H2,1H3,(H2,16,19);2-3H,4,11H2,1H3,(H2,12,15)(H,13,14);1-4H,(H,10,11);5H,1-4H2;/q;;;;;+1/p-1. The largest absolute Gasteiger partial charge is 1.00 e. The number of thiophene rings is 2. The third-order valence-corrected chi connectivity index (χ3v) is 15.0. The molecule has 3 fully saturated rings. The number of hydrogen-bond acceptors (Lipinski definition) is 19. The van der Waals surface area contributed by atoms with Crippen molar-refractivity contribution in [3.63, 3.8) is 0 Å². The molecule has 0 bridgehead atoms. The summed E-state index contributed by atoms with van der Waals surface area (Å²) in [6.07, 6.45) is 3.60. The zero-order valence-corrected chi connectivity index (χ0v) is 48.6. The number of nitrogen functional groups attached to an aromatic ring is 2. The van der Waals surface area contributed by atoms with E-state index in [2.05, 4.69) is 25.3 Å². The summed E-state index contributed by atoms with van der Waals surface area (Å²) in [7, 11) is 0. The van der Waals surface area contributed by atoms with Crippen LogP contribution in [0, 0.1) is 20.8 Å². The Hall–Kier alpha value is -8.12. The van der Waals surface area contributed by atoms with Gasteiger partial charge in [0.05, 0.1) is 74.5 Å². The molecule has 0 atom stereocenters. The number of pyridine rings is 2. The van der Waals surface area contributed by atoms with Gasteiger partial charge in [0, 0.05) is 95.6 Å². The van der Waals surface area contributed by atoms with Crippen LogP contribution in [0.4, 0.5) is 11.4 Å². The molecule has 23 nitrogen and oxygen atoms in total. The third kappa shape index (κ3) is 17.9. The fourth-order valence-corrected chi connectivity index (χ4v) is 10.5. The molecule has 0 saturated carbocycles. The number of carbonyl (C=O) groups excluding carboxylic acids is 5. The van der Waals surface area contributed by atoms with Crippen molar-refractivity contribution in [3.8, 4) is 11.5 Å². The van der Waals surface area contributed by atoms with Gasteiger partial charge >= 0.3 is 24.8 Å². The van der Waals surface area contributed by atoms with E-state index in [4.69, 9.17) is 42.3 Å². The summed E-state index contributed by atoms with van der Waals surface area (Å²) in [4.78, 5) is 100. The number of H-pyrrole nitrogens is 1. The first-order valence-corrected chi connectivity index (χ1v) is 28.0. The second-order valence-corrected chi connectivity index (χ2v) is 21.2. The van der Waals surface area contributed by atoms with E-state index in [1.165, 1.54) is 17.4 Å². The molecule has 8 heterocycles. The minimum Gasteiger partial charge on any atom is -0.550 e. The zero-order chi connectivity index (χ0) is 59.7. The topological polar surface area (TPSA) is 368 Å². The molecule has 3 aliphatic heterocycles. The SMILES string of the molecule is C1COCCN1.Cc1cc(CC(=O)N2CCOCC2)cc(C(N)=O)c1N.Cc1cc(CC(=O)N2CCOCC2)cc2c(=O)[nH]c(-c3cc4sccc4cn3)nc12.Cc1cc(CC(=O)[O-])cc(C(N)=O)c1N.O=C(O)c1cc2sccc2cn1.[Li+]. The van der Waals surface area contributed by atoms with Gasteiger partial charge < -0.3 is 72.3 Å². The summed E-state index contributed by atoms with van der Waals surface area (Å²) in [6, 6.07) is 17.5.